The Morgan fingerprint density at radius 3 is 2.77 bits per heavy atom. The molecule has 1 amide bonds. The number of rotatable bonds is 7. The zero-order valence-electron chi connectivity index (χ0n) is 14.5. The van der Waals surface area contributed by atoms with Crippen LogP contribution < -0.4 is 14.8 Å². The maximum Gasteiger partial charge on any atom is 0.252 e. The van der Waals surface area contributed by atoms with Gasteiger partial charge < -0.3 is 14.8 Å². The van der Waals surface area contributed by atoms with Gasteiger partial charge in [-0.05, 0) is 24.3 Å². The van der Waals surface area contributed by atoms with Crippen LogP contribution >= 0.6 is 0 Å². The van der Waals surface area contributed by atoms with Crippen LogP contribution in [0.1, 0.15) is 22.8 Å². The van der Waals surface area contributed by atoms with Gasteiger partial charge in [0.2, 0.25) is 5.82 Å². The summed E-state index contributed by atoms with van der Waals surface area (Å²) in [7, 11) is 1.58. The van der Waals surface area contributed by atoms with E-state index in [1.54, 1.807) is 25.3 Å². The van der Waals surface area contributed by atoms with Gasteiger partial charge in [-0.1, -0.05) is 30.3 Å². The van der Waals surface area contributed by atoms with E-state index >= 15 is 0 Å². The number of tetrazole rings is 1. The van der Waals surface area contributed by atoms with Gasteiger partial charge in [0.15, 0.2) is 11.5 Å². The van der Waals surface area contributed by atoms with E-state index in [4.69, 9.17) is 9.47 Å². The highest BCUT2D eigenvalue weighted by atomic mass is 16.5. The zero-order chi connectivity index (χ0) is 18.4. The van der Waals surface area contributed by atoms with Crippen LogP contribution in [0.4, 0.5) is 0 Å². The van der Waals surface area contributed by atoms with E-state index in [-0.39, 0.29) is 5.91 Å². The number of aromatic amines is 1. The fourth-order valence-corrected chi connectivity index (χ4v) is 2.59. The number of amides is 1. The molecule has 0 saturated carbocycles. The molecule has 1 heterocycles. The van der Waals surface area contributed by atoms with Crippen LogP contribution in [0, 0.1) is 0 Å². The SMILES string of the molecule is CCOc1c(CNC(=O)c2ccccc2-c2nn[nH]n2)cccc1OC. The van der Waals surface area contributed by atoms with Crippen molar-refractivity contribution in [2.45, 2.75) is 13.5 Å². The Bertz CT molecular complexity index is 880. The topological polar surface area (TPSA) is 102 Å². The Morgan fingerprint density at radius 2 is 2.04 bits per heavy atom. The molecule has 3 aromatic rings. The Balaban J connectivity index is 1.81. The van der Waals surface area contributed by atoms with Crippen molar-refractivity contribution in [2.24, 2.45) is 0 Å². The molecule has 0 spiro atoms. The summed E-state index contributed by atoms with van der Waals surface area (Å²) >= 11 is 0. The van der Waals surface area contributed by atoms with Crippen LogP contribution in [0.5, 0.6) is 11.5 Å². The minimum atomic E-state index is -0.240. The molecule has 8 heteroatoms. The molecule has 0 bridgehead atoms. The van der Waals surface area contributed by atoms with Gasteiger partial charge in [-0.2, -0.15) is 5.21 Å². The van der Waals surface area contributed by atoms with Gasteiger partial charge in [-0.25, -0.2) is 0 Å². The number of hydrogen-bond donors (Lipinski definition) is 2. The van der Waals surface area contributed by atoms with Crippen LogP contribution in [-0.4, -0.2) is 40.2 Å². The fraction of sp³-hybridized carbons (Fsp3) is 0.222. The largest absolute Gasteiger partial charge is 0.493 e. The number of carbonyl (C=O) groups excluding carboxylic acids is 1. The van der Waals surface area contributed by atoms with Crippen molar-refractivity contribution in [2.75, 3.05) is 13.7 Å². The smallest absolute Gasteiger partial charge is 0.252 e. The Labute approximate surface area is 150 Å². The minimum absolute atomic E-state index is 0.240. The van der Waals surface area contributed by atoms with Gasteiger partial charge >= 0.3 is 0 Å². The van der Waals surface area contributed by atoms with E-state index in [9.17, 15) is 4.79 Å². The van der Waals surface area contributed by atoms with Crippen LogP contribution in [0.15, 0.2) is 42.5 Å². The lowest BCUT2D eigenvalue weighted by Crippen LogP contribution is -2.24. The normalized spacial score (nSPS) is 10.4. The number of ether oxygens (including phenoxy) is 2. The third-order valence-electron chi connectivity index (χ3n) is 3.77. The first-order valence-corrected chi connectivity index (χ1v) is 8.14. The first-order valence-electron chi connectivity index (χ1n) is 8.14. The second kappa shape index (κ2) is 8.11. The second-order valence-corrected chi connectivity index (χ2v) is 5.35. The first-order chi connectivity index (χ1) is 12.7. The number of carbonyl (C=O) groups is 1. The highest BCUT2D eigenvalue weighted by Gasteiger charge is 2.16. The maximum absolute atomic E-state index is 12.7. The van der Waals surface area contributed by atoms with Crippen molar-refractivity contribution in [1.82, 2.24) is 25.9 Å². The lowest BCUT2D eigenvalue weighted by Gasteiger charge is -2.15. The third-order valence-corrected chi connectivity index (χ3v) is 3.77. The summed E-state index contributed by atoms with van der Waals surface area (Å²) < 4.78 is 11.0. The molecule has 0 radical (unpaired) electrons. The van der Waals surface area contributed by atoms with Gasteiger partial charge in [-0.15, -0.1) is 10.2 Å². The van der Waals surface area contributed by atoms with E-state index in [0.717, 1.165) is 5.56 Å². The monoisotopic (exact) mass is 353 g/mol. The van der Waals surface area contributed by atoms with Crippen LogP contribution in [0.25, 0.3) is 11.4 Å². The average Bonchev–Trinajstić information content (AvgIpc) is 3.21. The van der Waals surface area contributed by atoms with Crippen LogP contribution in [0.3, 0.4) is 0 Å². The maximum atomic E-state index is 12.7. The molecule has 0 aliphatic rings. The molecule has 1 aromatic heterocycles. The van der Waals surface area contributed by atoms with Crippen molar-refractivity contribution in [3.8, 4) is 22.9 Å². The predicted molar refractivity (Wildman–Crippen MR) is 94.9 cm³/mol. The zero-order valence-corrected chi connectivity index (χ0v) is 14.5. The lowest BCUT2D eigenvalue weighted by atomic mass is 10.1. The Kier molecular flexibility index (Phi) is 5.43. The van der Waals surface area contributed by atoms with Crippen molar-refractivity contribution < 1.29 is 14.3 Å². The second-order valence-electron chi connectivity index (χ2n) is 5.35. The van der Waals surface area contributed by atoms with E-state index < -0.39 is 0 Å². The number of nitrogens with zero attached hydrogens (tertiary/aromatic N) is 3. The summed E-state index contributed by atoms with van der Waals surface area (Å²) in [4.78, 5) is 12.7. The number of methoxy groups -OCH3 is 1. The van der Waals surface area contributed by atoms with E-state index in [1.165, 1.54) is 0 Å². The van der Waals surface area contributed by atoms with E-state index in [0.29, 0.717) is 41.6 Å². The predicted octanol–water partition coefficient (Wildman–Crippen LogP) is 2.20. The number of para-hydroxylation sites is 1. The standard InChI is InChI=1S/C18H19N5O3/c1-3-26-16-12(7-6-10-15(16)25-2)11-19-18(24)14-9-5-4-8-13(14)17-20-22-23-21-17/h4-10H,3,11H2,1-2H3,(H,19,24)(H,20,21,22,23). The average molecular weight is 353 g/mol. The van der Waals surface area contributed by atoms with Gasteiger partial charge in [-0.3, -0.25) is 4.79 Å². The summed E-state index contributed by atoms with van der Waals surface area (Å²) in [5.41, 5.74) is 1.90. The lowest BCUT2D eigenvalue weighted by molar-refractivity contribution is 0.0951. The molecule has 134 valence electrons. The molecule has 0 aliphatic heterocycles. The van der Waals surface area contributed by atoms with E-state index in [2.05, 4.69) is 25.9 Å². The Hall–Kier alpha value is -3.42. The molecule has 8 nitrogen and oxygen atoms in total. The molecule has 0 fully saturated rings. The fourth-order valence-electron chi connectivity index (χ4n) is 2.59. The third kappa shape index (κ3) is 3.64. The molecule has 2 aromatic carbocycles. The number of aromatic nitrogens is 4. The molecule has 2 N–H and O–H groups in total. The van der Waals surface area contributed by atoms with E-state index in [1.807, 2.05) is 31.2 Å². The van der Waals surface area contributed by atoms with Crippen molar-refractivity contribution in [1.29, 1.82) is 0 Å². The van der Waals surface area contributed by atoms with Gasteiger partial charge in [0.1, 0.15) is 0 Å². The summed E-state index contributed by atoms with van der Waals surface area (Å²) in [5.74, 6) is 1.39. The summed E-state index contributed by atoms with van der Waals surface area (Å²) in [6, 6.07) is 12.7. The number of nitrogens with one attached hydrogen (secondary N) is 2. The summed E-state index contributed by atoms with van der Waals surface area (Å²) in [5, 5.41) is 16.7. The quantitative estimate of drug-likeness (QED) is 0.675. The minimum Gasteiger partial charge on any atom is -0.493 e. The van der Waals surface area contributed by atoms with Crippen molar-refractivity contribution in [3.63, 3.8) is 0 Å². The van der Waals surface area contributed by atoms with Crippen LogP contribution in [0.2, 0.25) is 0 Å². The Morgan fingerprint density at radius 1 is 1.19 bits per heavy atom. The van der Waals surface area contributed by atoms with Gasteiger partial charge in [0, 0.05) is 17.7 Å². The molecule has 3 rings (SSSR count). The molecular weight excluding hydrogens is 334 g/mol. The van der Waals surface area contributed by atoms with Crippen molar-refractivity contribution in [3.05, 3.63) is 53.6 Å². The number of H-pyrrole nitrogens is 1. The highest BCUT2D eigenvalue weighted by Crippen LogP contribution is 2.31. The van der Waals surface area contributed by atoms with Crippen LogP contribution in [-0.2, 0) is 6.54 Å². The molecule has 0 atom stereocenters. The molecule has 0 saturated heterocycles. The molecule has 0 aliphatic carbocycles. The number of benzene rings is 2. The highest BCUT2D eigenvalue weighted by molar-refractivity contribution is 6.00. The summed E-state index contributed by atoms with van der Waals surface area (Å²) in [6.45, 7) is 2.70. The van der Waals surface area contributed by atoms with Gasteiger partial charge in [0.05, 0.1) is 19.3 Å². The molecular formula is C18H19N5O3. The number of hydrogen-bond acceptors (Lipinski definition) is 6. The molecule has 0 unspecified atom stereocenters. The summed E-state index contributed by atoms with van der Waals surface area (Å²) in [6.07, 6.45) is 0. The van der Waals surface area contributed by atoms with Gasteiger partial charge in [0.25, 0.3) is 5.91 Å². The van der Waals surface area contributed by atoms with Crippen molar-refractivity contribution >= 4 is 5.91 Å². The first kappa shape index (κ1) is 17.4. The molecule has 26 heavy (non-hydrogen) atoms.